The van der Waals surface area contributed by atoms with Crippen molar-refractivity contribution in [2.24, 2.45) is 0 Å². The number of hydrogen-bond acceptors (Lipinski definition) is 7. The van der Waals surface area contributed by atoms with Gasteiger partial charge in [0.25, 0.3) is 15.9 Å². The van der Waals surface area contributed by atoms with Crippen LogP contribution in [0.4, 0.5) is 11.5 Å². The lowest BCUT2D eigenvalue weighted by molar-refractivity contribution is 0.0974. The van der Waals surface area contributed by atoms with E-state index >= 15 is 0 Å². The van der Waals surface area contributed by atoms with E-state index in [1.54, 1.807) is 25.1 Å². The van der Waals surface area contributed by atoms with E-state index in [-0.39, 0.29) is 15.8 Å². The molecule has 2 aromatic carbocycles. The third-order valence-corrected chi connectivity index (χ3v) is 6.07. The molecule has 32 heavy (non-hydrogen) atoms. The second kappa shape index (κ2) is 10.1. The van der Waals surface area contributed by atoms with E-state index in [9.17, 15) is 13.2 Å². The molecule has 0 unspecified atom stereocenters. The molecule has 168 valence electrons. The quantitative estimate of drug-likeness (QED) is 0.384. The summed E-state index contributed by atoms with van der Waals surface area (Å²) in [6, 6.07) is 12.4. The molecule has 0 saturated heterocycles. The summed E-state index contributed by atoms with van der Waals surface area (Å²) in [6.07, 6.45) is 0. The Balaban J connectivity index is 1.65. The van der Waals surface area contributed by atoms with Crippen LogP contribution in [0.5, 0.6) is 5.75 Å². The number of nitrogens with zero attached hydrogens (tertiary/aromatic N) is 1. The molecule has 1 aromatic heterocycles. The van der Waals surface area contributed by atoms with Crippen LogP contribution in [-0.4, -0.2) is 31.2 Å². The van der Waals surface area contributed by atoms with Crippen LogP contribution < -0.4 is 20.1 Å². The SMILES string of the molecule is CCOc1ccc(Br)cc1C(=O)NC(=S)Nc1ccc(S(=O)(=O)Nc2cc(C)on2)cc1. The first kappa shape index (κ1) is 23.7. The van der Waals surface area contributed by atoms with Crippen LogP contribution in [-0.2, 0) is 10.0 Å². The Morgan fingerprint density at radius 3 is 2.53 bits per heavy atom. The highest BCUT2D eigenvalue weighted by atomic mass is 79.9. The van der Waals surface area contributed by atoms with Gasteiger partial charge in [-0.2, -0.15) is 0 Å². The Morgan fingerprint density at radius 1 is 1.19 bits per heavy atom. The summed E-state index contributed by atoms with van der Waals surface area (Å²) in [5, 5.41) is 9.08. The Kier molecular flexibility index (Phi) is 7.48. The highest BCUT2D eigenvalue weighted by Gasteiger charge is 2.17. The van der Waals surface area contributed by atoms with Crippen molar-refractivity contribution in [3.05, 3.63) is 64.3 Å². The van der Waals surface area contributed by atoms with Gasteiger partial charge in [-0.25, -0.2) is 8.42 Å². The van der Waals surface area contributed by atoms with E-state index < -0.39 is 15.9 Å². The van der Waals surface area contributed by atoms with Crippen molar-refractivity contribution in [3.8, 4) is 5.75 Å². The lowest BCUT2D eigenvalue weighted by atomic mass is 10.2. The van der Waals surface area contributed by atoms with Gasteiger partial charge in [0, 0.05) is 16.2 Å². The molecule has 3 rings (SSSR count). The molecule has 0 aliphatic rings. The summed E-state index contributed by atoms with van der Waals surface area (Å²) in [5.74, 6) is 0.556. The number of benzene rings is 2. The van der Waals surface area contributed by atoms with Crippen LogP contribution in [0.2, 0.25) is 0 Å². The van der Waals surface area contributed by atoms with Crippen molar-refractivity contribution in [1.29, 1.82) is 0 Å². The monoisotopic (exact) mass is 538 g/mol. The Bertz CT molecular complexity index is 1240. The minimum absolute atomic E-state index is 0.0224. The molecule has 3 N–H and O–H groups in total. The van der Waals surface area contributed by atoms with Gasteiger partial charge in [0.05, 0.1) is 17.1 Å². The number of halogens is 1. The molecule has 0 radical (unpaired) electrons. The zero-order valence-electron chi connectivity index (χ0n) is 17.0. The number of thiocarbonyl (C=S) groups is 1. The van der Waals surface area contributed by atoms with E-state index in [0.717, 1.165) is 4.47 Å². The van der Waals surface area contributed by atoms with Gasteiger partial charge >= 0.3 is 0 Å². The average Bonchev–Trinajstić information content (AvgIpc) is 3.13. The maximum Gasteiger partial charge on any atom is 0.263 e. The fourth-order valence-electron chi connectivity index (χ4n) is 2.62. The molecule has 0 atom stereocenters. The van der Waals surface area contributed by atoms with E-state index in [0.29, 0.717) is 29.4 Å². The molecule has 1 amide bonds. The number of carbonyl (C=O) groups is 1. The molecule has 0 aliphatic heterocycles. The number of carbonyl (C=O) groups excluding carboxylic acids is 1. The number of aromatic nitrogens is 1. The number of nitrogens with one attached hydrogen (secondary N) is 3. The summed E-state index contributed by atoms with van der Waals surface area (Å²) in [4.78, 5) is 12.6. The summed E-state index contributed by atoms with van der Waals surface area (Å²) >= 11 is 8.54. The van der Waals surface area contributed by atoms with Gasteiger partial charge in [-0.3, -0.25) is 14.8 Å². The van der Waals surface area contributed by atoms with Crippen molar-refractivity contribution in [3.63, 3.8) is 0 Å². The highest BCUT2D eigenvalue weighted by Crippen LogP contribution is 2.23. The molecule has 0 fully saturated rings. The highest BCUT2D eigenvalue weighted by molar-refractivity contribution is 9.10. The number of aryl methyl sites for hydroxylation is 1. The topological polar surface area (TPSA) is 123 Å². The molecule has 0 bridgehead atoms. The van der Waals surface area contributed by atoms with Gasteiger partial charge in [0.15, 0.2) is 10.9 Å². The lowest BCUT2D eigenvalue weighted by Crippen LogP contribution is -2.34. The second-order valence-electron chi connectivity index (χ2n) is 6.43. The molecule has 9 nitrogen and oxygen atoms in total. The van der Waals surface area contributed by atoms with Crippen molar-refractivity contribution in [2.45, 2.75) is 18.7 Å². The predicted molar refractivity (Wildman–Crippen MR) is 127 cm³/mol. The second-order valence-corrected chi connectivity index (χ2v) is 9.44. The van der Waals surface area contributed by atoms with Gasteiger partial charge in [0.1, 0.15) is 11.5 Å². The molecular weight excluding hydrogens is 520 g/mol. The van der Waals surface area contributed by atoms with Crippen LogP contribution in [0.1, 0.15) is 23.0 Å². The maximum atomic E-state index is 12.6. The Labute approximate surface area is 198 Å². The van der Waals surface area contributed by atoms with Gasteiger partial charge in [-0.15, -0.1) is 0 Å². The summed E-state index contributed by atoms with van der Waals surface area (Å²) in [7, 11) is -3.84. The molecule has 0 saturated carbocycles. The van der Waals surface area contributed by atoms with Gasteiger partial charge < -0.3 is 14.6 Å². The first-order valence-corrected chi connectivity index (χ1v) is 12.0. The molecule has 1 heterocycles. The lowest BCUT2D eigenvalue weighted by Gasteiger charge is -2.13. The number of hydrogen-bond donors (Lipinski definition) is 3. The average molecular weight is 539 g/mol. The van der Waals surface area contributed by atoms with Crippen molar-refractivity contribution in [1.82, 2.24) is 10.5 Å². The first-order valence-electron chi connectivity index (χ1n) is 9.29. The van der Waals surface area contributed by atoms with Gasteiger partial charge in [-0.05, 0) is 68.5 Å². The van der Waals surface area contributed by atoms with E-state index in [1.807, 2.05) is 6.92 Å². The van der Waals surface area contributed by atoms with Gasteiger partial charge in [-0.1, -0.05) is 21.1 Å². The zero-order valence-corrected chi connectivity index (χ0v) is 20.2. The van der Waals surface area contributed by atoms with Crippen LogP contribution in [0.3, 0.4) is 0 Å². The fraction of sp³-hybridized carbons (Fsp3) is 0.150. The number of sulfonamides is 1. The van der Waals surface area contributed by atoms with Crippen LogP contribution in [0.15, 0.2) is 62.4 Å². The number of amides is 1. The van der Waals surface area contributed by atoms with Crippen LogP contribution in [0.25, 0.3) is 0 Å². The Hall–Kier alpha value is -2.96. The standard InChI is InChI=1S/C20H19BrN4O5S2/c1-3-29-17-9-4-13(21)11-16(17)19(26)23-20(31)22-14-5-7-15(8-6-14)32(27,28)25-18-10-12(2)30-24-18/h4-11H,3H2,1-2H3,(H,24,25)(H2,22,23,26,31). The summed E-state index contributed by atoms with van der Waals surface area (Å²) in [6.45, 7) is 3.88. The fourth-order valence-corrected chi connectivity index (χ4v) is 4.18. The van der Waals surface area contributed by atoms with Crippen molar-refractivity contribution in [2.75, 3.05) is 16.6 Å². The van der Waals surface area contributed by atoms with Gasteiger partial charge in [0.2, 0.25) is 0 Å². The van der Waals surface area contributed by atoms with E-state index in [2.05, 4.69) is 36.4 Å². The maximum absolute atomic E-state index is 12.6. The smallest absolute Gasteiger partial charge is 0.263 e. The minimum Gasteiger partial charge on any atom is -0.493 e. The molecular formula is C20H19BrN4O5S2. The number of ether oxygens (including phenoxy) is 1. The van der Waals surface area contributed by atoms with Crippen molar-refractivity contribution < 1.29 is 22.5 Å². The molecule has 0 aliphatic carbocycles. The third kappa shape index (κ3) is 6.05. The summed E-state index contributed by atoms with van der Waals surface area (Å²) < 4.78 is 38.3. The Morgan fingerprint density at radius 2 is 1.91 bits per heavy atom. The third-order valence-electron chi connectivity index (χ3n) is 4.00. The number of rotatable bonds is 7. The normalized spacial score (nSPS) is 11.0. The predicted octanol–water partition coefficient (Wildman–Crippen LogP) is 4.07. The minimum atomic E-state index is -3.84. The van der Waals surface area contributed by atoms with Crippen LogP contribution >= 0.6 is 28.1 Å². The first-order chi connectivity index (χ1) is 15.2. The van der Waals surface area contributed by atoms with Crippen molar-refractivity contribution >= 4 is 60.7 Å². The zero-order chi connectivity index (χ0) is 23.3. The number of anilines is 2. The largest absolute Gasteiger partial charge is 0.493 e. The molecule has 3 aromatic rings. The summed E-state index contributed by atoms with van der Waals surface area (Å²) in [5.41, 5.74) is 0.812. The molecule has 12 heteroatoms. The van der Waals surface area contributed by atoms with E-state index in [4.69, 9.17) is 21.5 Å². The molecule has 0 spiro atoms. The van der Waals surface area contributed by atoms with Crippen LogP contribution in [0, 0.1) is 6.92 Å². The van der Waals surface area contributed by atoms with E-state index in [1.165, 1.54) is 30.3 Å².